The number of thiophene rings is 1. The molecule has 0 radical (unpaired) electrons. The summed E-state index contributed by atoms with van der Waals surface area (Å²) < 4.78 is 6.47. The van der Waals surface area contributed by atoms with E-state index in [1.165, 1.54) is 17.0 Å². The minimum absolute atomic E-state index is 0. The summed E-state index contributed by atoms with van der Waals surface area (Å²) in [6.07, 6.45) is 0. The van der Waals surface area contributed by atoms with Gasteiger partial charge >= 0.3 is 0 Å². The molecule has 0 aliphatic carbocycles. The van der Waals surface area contributed by atoms with Gasteiger partial charge in [0.1, 0.15) is 10.4 Å². The molecule has 8 heteroatoms. The predicted molar refractivity (Wildman–Crippen MR) is 136 cm³/mol. The lowest BCUT2D eigenvalue weighted by Gasteiger charge is -2.34. The van der Waals surface area contributed by atoms with E-state index >= 15 is 0 Å². The van der Waals surface area contributed by atoms with Gasteiger partial charge in [-0.05, 0) is 48.3 Å². The van der Waals surface area contributed by atoms with Crippen molar-refractivity contribution in [3.05, 3.63) is 58.2 Å². The number of H-pyrrole nitrogens is 1. The zero-order valence-electron chi connectivity index (χ0n) is 17.4. The van der Waals surface area contributed by atoms with Crippen LogP contribution in [0.1, 0.15) is 0 Å². The van der Waals surface area contributed by atoms with Gasteiger partial charge in [0.25, 0.3) is 5.56 Å². The summed E-state index contributed by atoms with van der Waals surface area (Å²) in [6, 6.07) is 14.6. The Hall–Kier alpha value is -2.25. The highest BCUT2D eigenvalue weighted by Gasteiger charge is 2.18. The van der Waals surface area contributed by atoms with Crippen LogP contribution in [0.3, 0.4) is 0 Å². The maximum absolute atomic E-state index is 12.4. The minimum atomic E-state index is -0.0379. The molecule has 31 heavy (non-hydrogen) atoms. The number of aromatic nitrogens is 1. The molecule has 0 bridgehead atoms. The molecule has 0 atom stereocenters. The van der Waals surface area contributed by atoms with Crippen LogP contribution >= 0.6 is 36.2 Å². The van der Waals surface area contributed by atoms with Gasteiger partial charge in [-0.3, -0.25) is 4.79 Å². The molecule has 0 unspecified atom stereocenters. The van der Waals surface area contributed by atoms with Gasteiger partial charge in [0.15, 0.2) is 0 Å². The molecule has 1 N–H and O–H groups in total. The van der Waals surface area contributed by atoms with Crippen molar-refractivity contribution in [2.45, 2.75) is 0 Å². The highest BCUT2D eigenvalue weighted by molar-refractivity contribution is 7.17. The van der Waals surface area contributed by atoms with E-state index in [1.54, 1.807) is 7.11 Å². The molecule has 3 heterocycles. The highest BCUT2D eigenvalue weighted by Crippen LogP contribution is 2.40. The van der Waals surface area contributed by atoms with Crippen LogP contribution in [-0.4, -0.2) is 50.2 Å². The first-order chi connectivity index (χ1) is 14.2. The number of hydrogen-bond donors (Lipinski definition) is 1. The van der Waals surface area contributed by atoms with Crippen molar-refractivity contribution in [1.82, 2.24) is 9.88 Å². The molecule has 5 rings (SSSR count). The topological polar surface area (TPSA) is 48.6 Å². The van der Waals surface area contributed by atoms with Gasteiger partial charge in [0.05, 0.1) is 7.11 Å². The van der Waals surface area contributed by atoms with Crippen molar-refractivity contribution in [1.29, 1.82) is 0 Å². The second-order valence-corrected chi connectivity index (χ2v) is 8.44. The van der Waals surface area contributed by atoms with Crippen LogP contribution in [0.4, 0.5) is 5.69 Å². The van der Waals surface area contributed by atoms with Crippen molar-refractivity contribution in [3.8, 4) is 16.9 Å². The lowest BCUT2D eigenvalue weighted by atomic mass is 9.97. The van der Waals surface area contributed by atoms with Gasteiger partial charge in [-0.1, -0.05) is 12.1 Å². The van der Waals surface area contributed by atoms with Crippen LogP contribution in [0.15, 0.2) is 52.6 Å². The van der Waals surface area contributed by atoms with E-state index in [0.717, 1.165) is 64.0 Å². The number of pyridine rings is 1. The van der Waals surface area contributed by atoms with Crippen molar-refractivity contribution in [2.24, 2.45) is 0 Å². The molecule has 1 fully saturated rings. The first-order valence-corrected chi connectivity index (χ1v) is 10.7. The van der Waals surface area contributed by atoms with Gasteiger partial charge in [0, 0.05) is 53.7 Å². The molecular weight excluding hydrogens is 453 g/mol. The van der Waals surface area contributed by atoms with E-state index in [2.05, 4.69) is 46.1 Å². The van der Waals surface area contributed by atoms with E-state index in [1.807, 2.05) is 23.6 Å². The average Bonchev–Trinajstić information content (AvgIpc) is 3.24. The van der Waals surface area contributed by atoms with Gasteiger partial charge < -0.3 is 19.5 Å². The maximum Gasteiger partial charge on any atom is 0.266 e. The fourth-order valence-electron chi connectivity index (χ4n) is 4.19. The lowest BCUT2D eigenvalue weighted by Crippen LogP contribution is -2.44. The van der Waals surface area contributed by atoms with E-state index in [-0.39, 0.29) is 30.4 Å². The first-order valence-electron chi connectivity index (χ1n) is 9.80. The molecule has 0 saturated carbocycles. The third-order valence-corrected chi connectivity index (χ3v) is 6.71. The Balaban J connectivity index is 0.00000136. The number of hydrogen-bond acceptors (Lipinski definition) is 5. The van der Waals surface area contributed by atoms with Gasteiger partial charge in [-0.25, -0.2) is 0 Å². The van der Waals surface area contributed by atoms with E-state index in [9.17, 15) is 4.79 Å². The smallest absolute Gasteiger partial charge is 0.266 e. The second-order valence-electron chi connectivity index (χ2n) is 7.52. The molecule has 164 valence electrons. The van der Waals surface area contributed by atoms with E-state index in [0.29, 0.717) is 0 Å². The van der Waals surface area contributed by atoms with E-state index < -0.39 is 0 Å². The van der Waals surface area contributed by atoms with Crippen molar-refractivity contribution >= 4 is 62.8 Å². The third kappa shape index (κ3) is 4.13. The van der Waals surface area contributed by atoms with Crippen LogP contribution in [0.25, 0.3) is 32.1 Å². The summed E-state index contributed by atoms with van der Waals surface area (Å²) in [5.41, 5.74) is 4.15. The molecule has 1 aliphatic rings. The quantitative estimate of drug-likeness (QED) is 0.450. The monoisotopic (exact) mass is 477 g/mol. The predicted octanol–water partition coefficient (Wildman–Crippen LogP) is 5.01. The molecule has 1 saturated heterocycles. The molecule has 0 spiro atoms. The van der Waals surface area contributed by atoms with Crippen molar-refractivity contribution < 1.29 is 4.74 Å². The van der Waals surface area contributed by atoms with Crippen LogP contribution in [-0.2, 0) is 0 Å². The number of methoxy groups -OCH3 is 1. The number of rotatable bonds is 3. The molecule has 5 nitrogen and oxygen atoms in total. The standard InChI is InChI=1S/C23H23N3O2S.2ClH/c1-25-10-12-26(13-11-25)16-5-3-15(4-6-16)20-19(28-2)8-7-18-21(20)17-9-14-29-22(17)23(27)24-18;;/h3-9,14H,10-13H2,1-2H3,(H,24,27);2*1H. The van der Waals surface area contributed by atoms with Crippen LogP contribution in [0.5, 0.6) is 5.75 Å². The molecule has 4 aromatic rings. The number of nitrogens with zero attached hydrogens (tertiary/aromatic N) is 2. The zero-order valence-corrected chi connectivity index (χ0v) is 19.8. The number of piperazine rings is 1. The summed E-state index contributed by atoms with van der Waals surface area (Å²) in [5.74, 6) is 0.810. The highest BCUT2D eigenvalue weighted by atomic mass is 35.5. The minimum Gasteiger partial charge on any atom is -0.496 e. The van der Waals surface area contributed by atoms with Crippen LogP contribution in [0.2, 0.25) is 0 Å². The summed E-state index contributed by atoms with van der Waals surface area (Å²) in [7, 11) is 3.86. The number of fused-ring (bicyclic) bond motifs is 3. The Morgan fingerprint density at radius 2 is 1.68 bits per heavy atom. The normalized spacial score (nSPS) is 14.3. The van der Waals surface area contributed by atoms with Crippen molar-refractivity contribution in [2.75, 3.05) is 45.2 Å². The molecule has 1 aliphatic heterocycles. The van der Waals surface area contributed by atoms with E-state index in [4.69, 9.17) is 4.74 Å². The summed E-state index contributed by atoms with van der Waals surface area (Å²) in [5, 5.41) is 3.98. The molecule has 2 aromatic heterocycles. The summed E-state index contributed by atoms with van der Waals surface area (Å²) in [4.78, 5) is 20.2. The van der Waals surface area contributed by atoms with Gasteiger partial charge in [-0.2, -0.15) is 0 Å². The average molecular weight is 478 g/mol. The largest absolute Gasteiger partial charge is 0.496 e. The Bertz CT molecular complexity index is 1250. The number of aromatic amines is 1. The lowest BCUT2D eigenvalue weighted by molar-refractivity contribution is 0.313. The van der Waals surface area contributed by atoms with Crippen LogP contribution < -0.4 is 15.2 Å². The van der Waals surface area contributed by atoms with Crippen molar-refractivity contribution in [3.63, 3.8) is 0 Å². The second kappa shape index (κ2) is 9.49. The molecule has 0 amide bonds. The third-order valence-electron chi connectivity index (χ3n) is 5.80. The van der Waals surface area contributed by atoms with Gasteiger partial charge in [-0.15, -0.1) is 36.2 Å². The Morgan fingerprint density at radius 1 is 0.968 bits per heavy atom. The number of benzene rings is 2. The first kappa shape index (κ1) is 23.4. The number of halogens is 2. The fraction of sp³-hybridized carbons (Fsp3) is 0.261. The number of ether oxygens (including phenoxy) is 1. The number of likely N-dealkylation sites (N-methyl/N-ethyl adjacent to an activating group) is 1. The summed E-state index contributed by atoms with van der Waals surface area (Å²) in [6.45, 7) is 4.26. The number of nitrogens with one attached hydrogen (secondary N) is 1. The maximum atomic E-state index is 12.4. The Morgan fingerprint density at radius 3 is 2.35 bits per heavy atom. The fourth-order valence-corrected chi connectivity index (χ4v) is 4.98. The number of anilines is 1. The zero-order chi connectivity index (χ0) is 20.0. The molecule has 2 aromatic carbocycles. The SMILES string of the molecule is COc1ccc2[nH]c(=O)c3sccc3c2c1-c1ccc(N2CCN(C)CC2)cc1.Cl.Cl. The Kier molecular flexibility index (Phi) is 7.17. The van der Waals surface area contributed by atoms with Crippen LogP contribution in [0, 0.1) is 0 Å². The Labute approximate surface area is 197 Å². The molecular formula is C23H25Cl2N3O2S. The van der Waals surface area contributed by atoms with Gasteiger partial charge in [0.2, 0.25) is 0 Å². The summed E-state index contributed by atoms with van der Waals surface area (Å²) >= 11 is 1.47.